The van der Waals surface area contributed by atoms with Crippen molar-refractivity contribution in [1.82, 2.24) is 15.2 Å². The van der Waals surface area contributed by atoms with Gasteiger partial charge in [-0.15, -0.1) is 5.10 Å². The Morgan fingerprint density at radius 1 is 1.15 bits per heavy atom. The van der Waals surface area contributed by atoms with Crippen LogP contribution in [0.15, 0.2) is 34.9 Å². The third-order valence-electron chi connectivity index (χ3n) is 3.38. The quantitative estimate of drug-likeness (QED) is 0.892. The predicted octanol–water partition coefficient (Wildman–Crippen LogP) is 3.73. The summed E-state index contributed by atoms with van der Waals surface area (Å²) in [7, 11) is 0. The van der Waals surface area contributed by atoms with Gasteiger partial charge >= 0.3 is 0 Å². The maximum absolute atomic E-state index is 4.46. The van der Waals surface area contributed by atoms with Crippen LogP contribution in [0.4, 0.5) is 17.5 Å². The molecule has 2 N–H and O–H groups in total. The van der Waals surface area contributed by atoms with Gasteiger partial charge in [-0.25, -0.2) is 0 Å². The highest BCUT2D eigenvalue weighted by Gasteiger charge is 2.15. The highest BCUT2D eigenvalue weighted by Crippen LogP contribution is 2.25. The molecule has 0 unspecified atom stereocenters. The summed E-state index contributed by atoms with van der Waals surface area (Å²) in [5.41, 5.74) is 0.958. The second-order valence-corrected chi connectivity index (χ2v) is 5.75. The molecule has 1 fully saturated rings. The van der Waals surface area contributed by atoms with E-state index in [9.17, 15) is 0 Å². The number of anilines is 3. The zero-order valence-corrected chi connectivity index (χ0v) is 12.6. The normalized spacial score (nSPS) is 15.2. The predicted molar refractivity (Wildman–Crippen MR) is 83.1 cm³/mol. The molecule has 6 heteroatoms. The van der Waals surface area contributed by atoms with E-state index in [1.807, 2.05) is 24.3 Å². The highest BCUT2D eigenvalue weighted by atomic mass is 79.9. The SMILES string of the molecule is Brc1ccccc1Nc1cnnc(NC2CCCC2)n1. The van der Waals surface area contributed by atoms with Crippen molar-refractivity contribution in [1.29, 1.82) is 0 Å². The molecule has 1 aromatic carbocycles. The first-order valence-electron chi connectivity index (χ1n) is 6.79. The van der Waals surface area contributed by atoms with E-state index in [4.69, 9.17) is 0 Å². The molecule has 0 atom stereocenters. The van der Waals surface area contributed by atoms with Crippen molar-refractivity contribution < 1.29 is 0 Å². The van der Waals surface area contributed by atoms with E-state index >= 15 is 0 Å². The van der Waals surface area contributed by atoms with Crippen LogP contribution in [-0.2, 0) is 0 Å². The number of halogens is 1. The summed E-state index contributed by atoms with van der Waals surface area (Å²) in [5, 5.41) is 14.6. The van der Waals surface area contributed by atoms with Gasteiger partial charge in [0.05, 0.1) is 11.9 Å². The number of nitrogens with zero attached hydrogens (tertiary/aromatic N) is 3. The van der Waals surface area contributed by atoms with Crippen LogP contribution in [-0.4, -0.2) is 21.2 Å². The average molecular weight is 334 g/mol. The summed E-state index contributed by atoms with van der Waals surface area (Å²) in [6.07, 6.45) is 6.55. The van der Waals surface area contributed by atoms with Gasteiger partial charge in [0.1, 0.15) is 0 Å². The Kier molecular flexibility index (Phi) is 4.11. The number of nitrogens with one attached hydrogen (secondary N) is 2. The molecular formula is C14H16BrN5. The third kappa shape index (κ3) is 3.25. The smallest absolute Gasteiger partial charge is 0.244 e. The van der Waals surface area contributed by atoms with Gasteiger partial charge in [0.2, 0.25) is 5.95 Å². The Labute approximate surface area is 126 Å². The molecule has 1 aliphatic rings. The van der Waals surface area contributed by atoms with Crippen LogP contribution in [0.25, 0.3) is 0 Å². The molecule has 5 nitrogen and oxygen atoms in total. The van der Waals surface area contributed by atoms with E-state index in [-0.39, 0.29) is 0 Å². The Morgan fingerprint density at radius 2 is 1.95 bits per heavy atom. The topological polar surface area (TPSA) is 62.7 Å². The Bertz CT molecular complexity index is 583. The van der Waals surface area contributed by atoms with Gasteiger partial charge in [0.15, 0.2) is 5.82 Å². The number of rotatable bonds is 4. The number of hydrogen-bond donors (Lipinski definition) is 2. The number of para-hydroxylation sites is 1. The largest absolute Gasteiger partial charge is 0.350 e. The van der Waals surface area contributed by atoms with Gasteiger partial charge in [0.25, 0.3) is 0 Å². The van der Waals surface area contributed by atoms with E-state index in [0.717, 1.165) is 10.2 Å². The lowest BCUT2D eigenvalue weighted by Gasteiger charge is -2.12. The lowest BCUT2D eigenvalue weighted by Crippen LogP contribution is -2.17. The Morgan fingerprint density at radius 3 is 2.75 bits per heavy atom. The second-order valence-electron chi connectivity index (χ2n) is 4.90. The van der Waals surface area contributed by atoms with Crippen molar-refractivity contribution >= 4 is 33.4 Å². The van der Waals surface area contributed by atoms with Crippen LogP contribution in [0, 0.1) is 0 Å². The van der Waals surface area contributed by atoms with Gasteiger partial charge in [-0.2, -0.15) is 10.1 Å². The first-order valence-corrected chi connectivity index (χ1v) is 7.58. The molecule has 3 rings (SSSR count). The molecule has 1 aliphatic carbocycles. The molecule has 0 spiro atoms. The van der Waals surface area contributed by atoms with Crippen molar-refractivity contribution in [3.63, 3.8) is 0 Å². The molecule has 1 saturated carbocycles. The molecule has 0 saturated heterocycles. The fraction of sp³-hybridized carbons (Fsp3) is 0.357. The van der Waals surface area contributed by atoms with Gasteiger partial charge in [-0.1, -0.05) is 25.0 Å². The monoisotopic (exact) mass is 333 g/mol. The van der Waals surface area contributed by atoms with E-state index in [1.54, 1.807) is 6.20 Å². The van der Waals surface area contributed by atoms with E-state index in [2.05, 4.69) is 41.7 Å². The van der Waals surface area contributed by atoms with Gasteiger partial charge in [-0.3, -0.25) is 0 Å². The molecule has 2 aromatic rings. The summed E-state index contributed by atoms with van der Waals surface area (Å²) >= 11 is 3.50. The molecule has 104 valence electrons. The molecule has 1 heterocycles. The third-order valence-corrected chi connectivity index (χ3v) is 4.08. The minimum absolute atomic E-state index is 0.482. The van der Waals surface area contributed by atoms with Crippen molar-refractivity contribution in [3.8, 4) is 0 Å². The maximum atomic E-state index is 4.46. The van der Waals surface area contributed by atoms with Crippen molar-refractivity contribution in [2.24, 2.45) is 0 Å². The molecule has 0 radical (unpaired) electrons. The standard InChI is InChI=1S/C14H16BrN5/c15-11-7-3-4-8-12(11)18-13-9-16-20-14(19-13)17-10-5-1-2-6-10/h3-4,7-10H,1-2,5-6H2,(H2,17,18,19,20). The van der Waals surface area contributed by atoms with Gasteiger partial charge in [0, 0.05) is 10.5 Å². The summed E-state index contributed by atoms with van der Waals surface area (Å²) in [6, 6.07) is 8.39. The summed E-state index contributed by atoms with van der Waals surface area (Å²) < 4.78 is 0.990. The van der Waals surface area contributed by atoms with Gasteiger partial charge in [-0.05, 0) is 40.9 Å². The zero-order valence-electron chi connectivity index (χ0n) is 11.0. The number of hydrogen-bond acceptors (Lipinski definition) is 5. The first kappa shape index (κ1) is 13.3. The molecular weight excluding hydrogens is 318 g/mol. The Balaban J connectivity index is 1.72. The van der Waals surface area contributed by atoms with E-state index < -0.39 is 0 Å². The average Bonchev–Trinajstić information content (AvgIpc) is 2.95. The Hall–Kier alpha value is -1.69. The minimum Gasteiger partial charge on any atom is -0.350 e. The van der Waals surface area contributed by atoms with Crippen LogP contribution < -0.4 is 10.6 Å². The lowest BCUT2D eigenvalue weighted by atomic mass is 10.3. The van der Waals surface area contributed by atoms with Crippen LogP contribution >= 0.6 is 15.9 Å². The van der Waals surface area contributed by atoms with Gasteiger partial charge < -0.3 is 10.6 Å². The van der Waals surface area contributed by atoms with Crippen molar-refractivity contribution in [3.05, 3.63) is 34.9 Å². The van der Waals surface area contributed by atoms with Crippen LogP contribution in [0.1, 0.15) is 25.7 Å². The molecule has 0 bridgehead atoms. The molecule has 1 aromatic heterocycles. The molecule has 20 heavy (non-hydrogen) atoms. The molecule has 0 aliphatic heterocycles. The fourth-order valence-corrected chi connectivity index (χ4v) is 2.76. The summed E-state index contributed by atoms with van der Waals surface area (Å²) in [5.74, 6) is 1.28. The highest BCUT2D eigenvalue weighted by molar-refractivity contribution is 9.10. The second kappa shape index (κ2) is 6.17. The summed E-state index contributed by atoms with van der Waals surface area (Å²) in [6.45, 7) is 0. The number of benzene rings is 1. The van der Waals surface area contributed by atoms with E-state index in [0.29, 0.717) is 17.8 Å². The summed E-state index contributed by atoms with van der Waals surface area (Å²) in [4.78, 5) is 4.46. The van der Waals surface area contributed by atoms with Crippen molar-refractivity contribution in [2.75, 3.05) is 10.6 Å². The minimum atomic E-state index is 0.482. The number of aromatic nitrogens is 3. The van der Waals surface area contributed by atoms with E-state index in [1.165, 1.54) is 25.7 Å². The first-order chi connectivity index (χ1) is 9.81. The van der Waals surface area contributed by atoms with Crippen LogP contribution in [0.5, 0.6) is 0 Å². The molecule has 0 amide bonds. The lowest BCUT2D eigenvalue weighted by molar-refractivity contribution is 0.738. The maximum Gasteiger partial charge on any atom is 0.244 e. The van der Waals surface area contributed by atoms with Crippen LogP contribution in [0.2, 0.25) is 0 Å². The fourth-order valence-electron chi connectivity index (χ4n) is 2.38. The zero-order chi connectivity index (χ0) is 13.8. The van der Waals surface area contributed by atoms with Crippen molar-refractivity contribution in [2.45, 2.75) is 31.7 Å². The van der Waals surface area contributed by atoms with Crippen LogP contribution in [0.3, 0.4) is 0 Å².